The van der Waals surface area contributed by atoms with Gasteiger partial charge in [-0.1, -0.05) is 17.7 Å². The molecular formula is C22H19ClF2N4O3S. The van der Waals surface area contributed by atoms with E-state index >= 15 is 0 Å². The summed E-state index contributed by atoms with van der Waals surface area (Å²) in [7, 11) is -3.54. The number of nitrogens with zero attached hydrogens (tertiary/aromatic N) is 2. The first-order chi connectivity index (χ1) is 15.3. The molecule has 0 unspecified atom stereocenters. The third kappa shape index (κ3) is 4.67. The zero-order chi connectivity index (χ0) is 24.1. The average Bonchev–Trinajstić information content (AvgIpc) is 2.94. The fourth-order valence-corrected chi connectivity index (χ4v) is 4.64. The number of aromatic nitrogens is 2. The van der Waals surface area contributed by atoms with E-state index in [-0.39, 0.29) is 28.1 Å². The van der Waals surface area contributed by atoms with Crippen LogP contribution < -0.4 is 10.6 Å². The molecule has 3 aromatic rings. The minimum Gasteiger partial charge on any atom is -0.343 e. The summed E-state index contributed by atoms with van der Waals surface area (Å²) in [5.41, 5.74) is 1.35. The zero-order valence-corrected chi connectivity index (χ0v) is 19.4. The Hall–Kier alpha value is -3.11. The number of benzene rings is 2. The summed E-state index contributed by atoms with van der Waals surface area (Å²) in [6.45, 7) is 3.75. The van der Waals surface area contributed by atoms with Crippen LogP contribution in [-0.2, 0) is 21.1 Å². The van der Waals surface area contributed by atoms with Crippen molar-refractivity contribution in [3.8, 4) is 11.3 Å². The summed E-state index contributed by atoms with van der Waals surface area (Å²) in [5.74, 6) is -2.69. The van der Waals surface area contributed by atoms with Gasteiger partial charge >= 0.3 is 0 Å². The predicted octanol–water partition coefficient (Wildman–Crippen LogP) is 4.34. The van der Waals surface area contributed by atoms with E-state index in [4.69, 9.17) is 11.6 Å². The van der Waals surface area contributed by atoms with E-state index in [9.17, 15) is 22.0 Å². The van der Waals surface area contributed by atoms with Crippen molar-refractivity contribution >= 4 is 39.0 Å². The van der Waals surface area contributed by atoms with E-state index in [1.54, 1.807) is 18.2 Å². The number of halogens is 3. The fourth-order valence-electron chi connectivity index (χ4n) is 3.66. The number of carbonyl (C=O) groups excluding carboxylic acids is 1. The number of anilines is 2. The third-order valence-electron chi connectivity index (χ3n) is 5.18. The Morgan fingerprint density at radius 3 is 2.58 bits per heavy atom. The smallest absolute Gasteiger partial charge is 0.252 e. The van der Waals surface area contributed by atoms with Crippen molar-refractivity contribution in [3.63, 3.8) is 0 Å². The minimum absolute atomic E-state index is 0.0285. The van der Waals surface area contributed by atoms with Crippen LogP contribution in [0.5, 0.6) is 0 Å². The zero-order valence-electron chi connectivity index (χ0n) is 17.8. The molecule has 172 valence electrons. The molecule has 0 aliphatic carbocycles. The number of nitrogens with one attached hydrogen (secondary N) is 2. The van der Waals surface area contributed by atoms with Gasteiger partial charge in [0.2, 0.25) is 5.95 Å². The van der Waals surface area contributed by atoms with Gasteiger partial charge in [0.25, 0.3) is 5.91 Å². The molecule has 1 aromatic heterocycles. The highest BCUT2D eigenvalue weighted by Gasteiger charge is 2.35. The highest BCUT2D eigenvalue weighted by molar-refractivity contribution is 7.89. The van der Waals surface area contributed by atoms with Gasteiger partial charge in [-0.25, -0.2) is 27.2 Å². The number of hydrogen-bond donors (Lipinski definition) is 2. The number of sulfone groups is 1. The van der Waals surface area contributed by atoms with Crippen LogP contribution in [0.15, 0.2) is 36.5 Å². The van der Waals surface area contributed by atoms with Crippen molar-refractivity contribution in [3.05, 3.63) is 69.9 Å². The highest BCUT2D eigenvalue weighted by Crippen LogP contribution is 2.35. The first-order valence-corrected chi connectivity index (χ1v) is 12.2. The molecule has 0 saturated carbocycles. The van der Waals surface area contributed by atoms with Gasteiger partial charge in [0.1, 0.15) is 11.6 Å². The van der Waals surface area contributed by atoms with Crippen molar-refractivity contribution < 1.29 is 22.0 Å². The van der Waals surface area contributed by atoms with Crippen LogP contribution in [0, 0.1) is 11.6 Å². The van der Waals surface area contributed by atoms with Crippen LogP contribution in [0.25, 0.3) is 11.3 Å². The summed E-state index contributed by atoms with van der Waals surface area (Å²) in [6, 6.07) is 6.84. The maximum absolute atomic E-state index is 14.4. The molecule has 33 heavy (non-hydrogen) atoms. The lowest BCUT2D eigenvalue weighted by Gasteiger charge is -2.19. The van der Waals surface area contributed by atoms with Gasteiger partial charge in [0.05, 0.1) is 33.9 Å². The molecule has 1 amide bonds. The fraction of sp³-hybridized carbons (Fsp3) is 0.227. The molecule has 0 fully saturated rings. The lowest BCUT2D eigenvalue weighted by atomic mass is 9.92. The largest absolute Gasteiger partial charge is 0.343 e. The Bertz CT molecular complexity index is 1410. The van der Waals surface area contributed by atoms with Crippen LogP contribution in [0.3, 0.4) is 0 Å². The number of carbonyl (C=O) groups is 1. The van der Waals surface area contributed by atoms with Crippen LogP contribution in [0.2, 0.25) is 5.02 Å². The molecule has 2 heterocycles. The molecule has 1 aliphatic rings. The molecule has 2 aromatic carbocycles. The summed E-state index contributed by atoms with van der Waals surface area (Å²) in [6.07, 6.45) is 2.28. The van der Waals surface area contributed by atoms with Crippen LogP contribution in [0.4, 0.5) is 20.4 Å². The molecule has 0 radical (unpaired) electrons. The van der Waals surface area contributed by atoms with Gasteiger partial charge in [0, 0.05) is 29.0 Å². The summed E-state index contributed by atoms with van der Waals surface area (Å²) in [5, 5.41) is 5.78. The Balaban J connectivity index is 1.71. The Labute approximate surface area is 194 Å². The van der Waals surface area contributed by atoms with E-state index in [1.807, 2.05) is 13.8 Å². The minimum atomic E-state index is -3.54. The molecule has 4 rings (SSSR count). The number of amides is 1. The molecule has 0 spiro atoms. The van der Waals surface area contributed by atoms with Gasteiger partial charge in [-0.05, 0) is 37.6 Å². The summed E-state index contributed by atoms with van der Waals surface area (Å²) < 4.78 is 51.5. The first-order valence-electron chi connectivity index (χ1n) is 9.77. The van der Waals surface area contributed by atoms with Gasteiger partial charge in [-0.2, -0.15) is 0 Å². The van der Waals surface area contributed by atoms with Crippen molar-refractivity contribution in [2.75, 3.05) is 11.6 Å². The number of hydrogen-bond acceptors (Lipinski definition) is 6. The lowest BCUT2D eigenvalue weighted by molar-refractivity contribution is 0.0940. The van der Waals surface area contributed by atoms with Crippen LogP contribution in [-0.4, -0.2) is 30.5 Å². The van der Waals surface area contributed by atoms with Crippen molar-refractivity contribution in [1.29, 1.82) is 0 Å². The van der Waals surface area contributed by atoms with Crippen LogP contribution >= 0.6 is 11.6 Å². The van der Waals surface area contributed by atoms with E-state index < -0.39 is 32.8 Å². The van der Waals surface area contributed by atoms with Gasteiger partial charge in [-0.3, -0.25) is 4.79 Å². The molecule has 11 heteroatoms. The number of rotatable bonds is 5. The molecule has 1 aliphatic heterocycles. The van der Waals surface area contributed by atoms with Crippen molar-refractivity contribution in [2.45, 2.75) is 25.1 Å². The van der Waals surface area contributed by atoms with Gasteiger partial charge in [-0.15, -0.1) is 0 Å². The second kappa shape index (κ2) is 8.03. The van der Waals surface area contributed by atoms with Gasteiger partial charge < -0.3 is 10.6 Å². The van der Waals surface area contributed by atoms with E-state index in [0.717, 1.165) is 17.9 Å². The van der Waals surface area contributed by atoms with E-state index in [0.29, 0.717) is 22.9 Å². The Kier molecular flexibility index (Phi) is 5.61. The van der Waals surface area contributed by atoms with Crippen molar-refractivity contribution in [2.24, 2.45) is 0 Å². The van der Waals surface area contributed by atoms with E-state index in [1.165, 1.54) is 6.20 Å². The molecule has 0 bridgehead atoms. The maximum atomic E-state index is 14.4. The molecule has 0 atom stereocenters. The first kappa shape index (κ1) is 23.1. The lowest BCUT2D eigenvalue weighted by Crippen LogP contribution is -2.32. The molecule has 2 N–H and O–H groups in total. The third-order valence-corrected chi connectivity index (χ3v) is 6.29. The monoisotopic (exact) mass is 492 g/mol. The van der Waals surface area contributed by atoms with Gasteiger partial charge in [0.15, 0.2) is 9.84 Å². The average molecular weight is 493 g/mol. The number of fused-ring (bicyclic) bond motifs is 1. The van der Waals surface area contributed by atoms with Crippen LogP contribution in [0.1, 0.15) is 35.3 Å². The molecular weight excluding hydrogens is 474 g/mol. The topological polar surface area (TPSA) is 101 Å². The summed E-state index contributed by atoms with van der Waals surface area (Å²) >= 11 is 6.31. The Morgan fingerprint density at radius 2 is 1.88 bits per heavy atom. The van der Waals surface area contributed by atoms with Crippen molar-refractivity contribution in [1.82, 2.24) is 15.3 Å². The second-order valence-electron chi connectivity index (χ2n) is 8.35. The standard InChI is InChI=1S/C22H19ClF2N4O3S/c1-22(2)14-6-11(4-5-13(14)20(30)29-22)19-15(23)9-26-21(28-19)27-18-7-12(10-33(3,31)32)16(24)8-17(18)25/h4-9H,10H2,1-3H3,(H,29,30)(H,26,27,28). The highest BCUT2D eigenvalue weighted by atomic mass is 35.5. The summed E-state index contributed by atoms with van der Waals surface area (Å²) in [4.78, 5) is 20.6. The quantitative estimate of drug-likeness (QED) is 0.549. The van der Waals surface area contributed by atoms with E-state index in [2.05, 4.69) is 20.6 Å². The maximum Gasteiger partial charge on any atom is 0.252 e. The second-order valence-corrected chi connectivity index (χ2v) is 10.9. The SMILES string of the molecule is CC1(C)NC(=O)c2ccc(-c3nc(Nc4cc(CS(C)(=O)=O)c(F)cc4F)ncc3Cl)cc21. The molecule has 7 nitrogen and oxygen atoms in total. The Morgan fingerprint density at radius 1 is 1.15 bits per heavy atom. The normalized spacial score (nSPS) is 14.7. The predicted molar refractivity (Wildman–Crippen MR) is 121 cm³/mol. The molecule has 0 saturated heterocycles.